The largest absolute Gasteiger partial charge is 0.306 e. The molecule has 0 spiro atoms. The Morgan fingerprint density at radius 2 is 2.47 bits per heavy atom. The van der Waals surface area contributed by atoms with Gasteiger partial charge in [-0.3, -0.25) is 9.63 Å². The molecule has 2 fully saturated rings. The molecule has 2 heterocycles. The Morgan fingerprint density at radius 1 is 1.59 bits per heavy atom. The van der Waals surface area contributed by atoms with E-state index in [1.54, 1.807) is 6.33 Å². The lowest BCUT2D eigenvalue weighted by atomic mass is 10.5. The number of carbonyl (C=O) groups is 1. The van der Waals surface area contributed by atoms with Crippen LogP contribution in [-0.2, 0) is 9.63 Å². The molecule has 17 heavy (non-hydrogen) atoms. The number of hydrogen-bond acceptors (Lipinski definition) is 5. The topological polar surface area (TPSA) is 60.2 Å². The summed E-state index contributed by atoms with van der Waals surface area (Å²) in [5.41, 5.74) is 0. The molecule has 0 aromatic carbocycles. The molecule has 7 heteroatoms. The summed E-state index contributed by atoms with van der Waals surface area (Å²) in [7, 11) is 0. The average Bonchev–Trinajstić information content (AvgIpc) is 2.87. The van der Waals surface area contributed by atoms with Crippen LogP contribution in [0.15, 0.2) is 11.5 Å². The highest BCUT2D eigenvalue weighted by Crippen LogP contribution is 2.37. The van der Waals surface area contributed by atoms with E-state index in [0.717, 1.165) is 11.6 Å². The maximum Gasteiger partial charge on any atom is 0.256 e. The van der Waals surface area contributed by atoms with Gasteiger partial charge in [0.2, 0.25) is 0 Å². The van der Waals surface area contributed by atoms with Gasteiger partial charge in [0.05, 0.1) is 18.9 Å². The van der Waals surface area contributed by atoms with Crippen LogP contribution in [0.1, 0.15) is 25.3 Å². The van der Waals surface area contributed by atoms with E-state index >= 15 is 0 Å². The zero-order chi connectivity index (χ0) is 11.7. The van der Waals surface area contributed by atoms with Gasteiger partial charge in [0.25, 0.3) is 5.91 Å². The molecule has 6 nitrogen and oxygen atoms in total. The van der Waals surface area contributed by atoms with Gasteiger partial charge in [-0.1, -0.05) is 11.8 Å². The fraction of sp³-hybridized carbons (Fsp3) is 0.700. The van der Waals surface area contributed by atoms with Gasteiger partial charge in [0.1, 0.15) is 6.33 Å². The lowest BCUT2D eigenvalue weighted by molar-refractivity contribution is -0.165. The van der Waals surface area contributed by atoms with E-state index in [9.17, 15) is 4.79 Å². The summed E-state index contributed by atoms with van der Waals surface area (Å²) >= 11 is 1.44. The lowest BCUT2D eigenvalue weighted by Gasteiger charge is -2.13. The van der Waals surface area contributed by atoms with Crippen LogP contribution in [-0.4, -0.2) is 44.6 Å². The van der Waals surface area contributed by atoms with Gasteiger partial charge in [-0.25, -0.2) is 5.06 Å². The monoisotopic (exact) mass is 254 g/mol. The molecule has 1 aromatic rings. The number of amides is 1. The zero-order valence-corrected chi connectivity index (χ0v) is 10.2. The molecule has 2 aliphatic rings. The normalized spacial score (nSPS) is 19.9. The Labute approximate surface area is 103 Å². The van der Waals surface area contributed by atoms with Crippen molar-refractivity contribution < 1.29 is 9.63 Å². The van der Waals surface area contributed by atoms with Crippen molar-refractivity contribution in [3.8, 4) is 0 Å². The van der Waals surface area contributed by atoms with E-state index in [1.165, 1.54) is 29.7 Å². The lowest BCUT2D eigenvalue weighted by Crippen LogP contribution is -2.28. The number of thioether (sulfide) groups is 1. The second-order valence-corrected chi connectivity index (χ2v) is 5.17. The van der Waals surface area contributed by atoms with Crippen molar-refractivity contribution in [1.82, 2.24) is 19.8 Å². The van der Waals surface area contributed by atoms with Crippen molar-refractivity contribution in [2.24, 2.45) is 0 Å². The van der Waals surface area contributed by atoms with Crippen molar-refractivity contribution in [3.63, 3.8) is 0 Å². The number of carbonyl (C=O) groups excluding carboxylic acids is 1. The highest BCUT2D eigenvalue weighted by Gasteiger charge is 2.27. The smallest absolute Gasteiger partial charge is 0.256 e. The van der Waals surface area contributed by atoms with Crippen LogP contribution in [0, 0.1) is 0 Å². The quantitative estimate of drug-likeness (QED) is 0.746. The molecule has 1 aromatic heterocycles. The van der Waals surface area contributed by atoms with Crippen molar-refractivity contribution in [2.75, 3.05) is 18.9 Å². The maximum atomic E-state index is 11.8. The molecule has 1 saturated heterocycles. The van der Waals surface area contributed by atoms with Crippen LogP contribution < -0.4 is 0 Å². The van der Waals surface area contributed by atoms with Gasteiger partial charge < -0.3 is 4.57 Å². The number of hydroxylamine groups is 2. The number of hydrogen-bond donors (Lipinski definition) is 0. The second kappa shape index (κ2) is 4.66. The molecule has 0 N–H and O–H groups in total. The van der Waals surface area contributed by atoms with Gasteiger partial charge in [-0.2, -0.15) is 0 Å². The first-order valence-corrected chi connectivity index (χ1v) is 6.79. The fourth-order valence-electron chi connectivity index (χ4n) is 1.78. The van der Waals surface area contributed by atoms with E-state index in [0.29, 0.717) is 24.9 Å². The first-order valence-electron chi connectivity index (χ1n) is 5.80. The van der Waals surface area contributed by atoms with Crippen LogP contribution in [0.2, 0.25) is 0 Å². The van der Waals surface area contributed by atoms with Crippen LogP contribution in [0.5, 0.6) is 0 Å². The zero-order valence-electron chi connectivity index (χ0n) is 9.41. The van der Waals surface area contributed by atoms with Gasteiger partial charge in [0, 0.05) is 6.04 Å². The molecule has 3 rings (SSSR count). The molecule has 1 aliphatic carbocycles. The summed E-state index contributed by atoms with van der Waals surface area (Å²) < 4.78 is 2.06. The molecule has 0 unspecified atom stereocenters. The highest BCUT2D eigenvalue weighted by atomic mass is 32.2. The molecule has 0 bridgehead atoms. The van der Waals surface area contributed by atoms with E-state index < -0.39 is 0 Å². The van der Waals surface area contributed by atoms with Crippen molar-refractivity contribution >= 4 is 17.7 Å². The third kappa shape index (κ3) is 2.44. The Bertz CT molecular complexity index is 412. The van der Waals surface area contributed by atoms with Gasteiger partial charge >= 0.3 is 0 Å². The van der Waals surface area contributed by atoms with E-state index in [-0.39, 0.29) is 5.91 Å². The second-order valence-electron chi connectivity index (χ2n) is 4.22. The molecule has 92 valence electrons. The summed E-state index contributed by atoms with van der Waals surface area (Å²) in [6.45, 7) is 1.35. The van der Waals surface area contributed by atoms with Crippen molar-refractivity contribution in [1.29, 1.82) is 0 Å². The minimum atomic E-state index is 0.0119. The van der Waals surface area contributed by atoms with Crippen LogP contribution in [0.4, 0.5) is 0 Å². The van der Waals surface area contributed by atoms with Crippen LogP contribution in [0.25, 0.3) is 0 Å². The Morgan fingerprint density at radius 3 is 3.18 bits per heavy atom. The molecular formula is C10H14N4O2S. The standard InChI is InChI=1S/C10H14N4O2S/c15-9(14-4-1-5-16-14)6-17-10-12-11-7-13(10)8-2-3-8/h7-8H,1-6H2. The third-order valence-corrected chi connectivity index (χ3v) is 3.78. The van der Waals surface area contributed by atoms with Gasteiger partial charge in [-0.15, -0.1) is 10.2 Å². The SMILES string of the molecule is O=C(CSc1nncn1C1CC1)N1CCCO1. The third-order valence-electron chi connectivity index (χ3n) is 2.84. The number of rotatable bonds is 4. The van der Waals surface area contributed by atoms with Gasteiger partial charge in [-0.05, 0) is 19.3 Å². The maximum absolute atomic E-state index is 11.8. The summed E-state index contributed by atoms with van der Waals surface area (Å²) in [5, 5.41) is 10.2. The number of nitrogens with zero attached hydrogens (tertiary/aromatic N) is 4. The molecular weight excluding hydrogens is 240 g/mol. The summed E-state index contributed by atoms with van der Waals surface area (Å²) in [4.78, 5) is 17.0. The fourth-order valence-corrected chi connectivity index (χ4v) is 2.63. The first kappa shape index (κ1) is 11.0. The minimum absolute atomic E-state index is 0.0119. The van der Waals surface area contributed by atoms with E-state index in [4.69, 9.17) is 4.84 Å². The Kier molecular flexibility index (Phi) is 3.02. The number of aromatic nitrogens is 3. The minimum Gasteiger partial charge on any atom is -0.306 e. The highest BCUT2D eigenvalue weighted by molar-refractivity contribution is 7.99. The molecule has 1 aliphatic heterocycles. The Hall–Kier alpha value is -1.08. The molecule has 0 atom stereocenters. The van der Waals surface area contributed by atoms with Crippen LogP contribution in [0.3, 0.4) is 0 Å². The summed E-state index contributed by atoms with van der Waals surface area (Å²) in [5.74, 6) is 0.378. The Balaban J connectivity index is 1.55. The molecule has 1 saturated carbocycles. The first-order chi connectivity index (χ1) is 8.34. The van der Waals surface area contributed by atoms with Gasteiger partial charge in [0.15, 0.2) is 5.16 Å². The predicted octanol–water partition coefficient (Wildman–Crippen LogP) is 0.869. The summed E-state index contributed by atoms with van der Waals surface area (Å²) in [6.07, 6.45) is 5.05. The molecule has 1 amide bonds. The van der Waals surface area contributed by atoms with Crippen molar-refractivity contribution in [2.45, 2.75) is 30.5 Å². The van der Waals surface area contributed by atoms with E-state index in [2.05, 4.69) is 14.8 Å². The van der Waals surface area contributed by atoms with Crippen LogP contribution >= 0.6 is 11.8 Å². The average molecular weight is 254 g/mol. The van der Waals surface area contributed by atoms with E-state index in [1.807, 2.05) is 0 Å². The summed E-state index contributed by atoms with van der Waals surface area (Å²) in [6, 6.07) is 0.547. The molecule has 0 radical (unpaired) electrons. The predicted molar refractivity (Wildman–Crippen MR) is 61.3 cm³/mol. The van der Waals surface area contributed by atoms with Crippen molar-refractivity contribution in [3.05, 3.63) is 6.33 Å².